The van der Waals surface area contributed by atoms with Gasteiger partial charge in [-0.05, 0) is 32.0 Å². The molecule has 0 saturated carbocycles. The Morgan fingerprint density at radius 2 is 2.11 bits per heavy atom. The average molecular weight is 309 g/mol. The summed E-state index contributed by atoms with van der Waals surface area (Å²) in [7, 11) is 0. The molecule has 0 amide bonds. The molecule has 3 nitrogen and oxygen atoms in total. The molecule has 0 heterocycles. The number of aliphatic carboxylic acids is 1. The number of carboxylic acid groups (broad SMARTS) is 1. The van der Waals surface area contributed by atoms with Gasteiger partial charge in [0, 0.05) is 10.8 Å². The van der Waals surface area contributed by atoms with E-state index in [1.54, 1.807) is 32.0 Å². The summed E-state index contributed by atoms with van der Waals surface area (Å²) in [6, 6.07) is 4.99. The third-order valence-corrected chi connectivity index (χ3v) is 4.01. The van der Waals surface area contributed by atoms with Crippen LogP contribution in [0, 0.1) is 0 Å². The molecule has 1 aromatic carbocycles. The van der Waals surface area contributed by atoms with Crippen LogP contribution in [0.3, 0.4) is 0 Å². The molecule has 0 aliphatic carbocycles. The van der Waals surface area contributed by atoms with Gasteiger partial charge in [0.05, 0.1) is 11.6 Å². The van der Waals surface area contributed by atoms with Crippen LogP contribution in [-0.4, -0.2) is 28.2 Å². The molecule has 18 heavy (non-hydrogen) atoms. The van der Waals surface area contributed by atoms with Crippen molar-refractivity contribution in [1.82, 2.24) is 0 Å². The molecule has 0 bridgehead atoms. The van der Waals surface area contributed by atoms with Gasteiger partial charge in [-0.1, -0.05) is 23.2 Å². The Bertz CT molecular complexity index is 435. The van der Waals surface area contributed by atoms with Crippen molar-refractivity contribution in [2.75, 3.05) is 12.4 Å². The summed E-state index contributed by atoms with van der Waals surface area (Å²) in [4.78, 5) is 10.9. The molecule has 0 fully saturated rings. The molecule has 6 heteroatoms. The molecule has 0 aliphatic rings. The highest BCUT2D eigenvalue weighted by atomic mass is 35.5. The van der Waals surface area contributed by atoms with Crippen molar-refractivity contribution in [2.45, 2.75) is 18.6 Å². The quantitative estimate of drug-likeness (QED) is 0.808. The van der Waals surface area contributed by atoms with Crippen molar-refractivity contribution in [3.05, 3.63) is 28.2 Å². The van der Waals surface area contributed by atoms with Crippen LogP contribution < -0.4 is 4.74 Å². The lowest BCUT2D eigenvalue weighted by Gasteiger charge is -2.18. The molecule has 0 spiro atoms. The Labute approximate surface area is 120 Å². The summed E-state index contributed by atoms with van der Waals surface area (Å²) in [5.74, 6) is 0.282. The molecular formula is C12H14Cl2O3S. The van der Waals surface area contributed by atoms with Crippen LogP contribution in [0.25, 0.3) is 0 Å². The number of carbonyl (C=O) groups is 1. The van der Waals surface area contributed by atoms with E-state index >= 15 is 0 Å². The molecule has 0 atom stereocenters. The summed E-state index contributed by atoms with van der Waals surface area (Å²) in [6.45, 7) is 3.72. The van der Waals surface area contributed by atoms with Crippen molar-refractivity contribution in [2.24, 2.45) is 0 Å². The summed E-state index contributed by atoms with van der Waals surface area (Å²) >= 11 is 13.0. The molecule has 100 valence electrons. The SMILES string of the molecule is CC(C)(SCCOc1ccc(Cl)cc1Cl)C(=O)O. The number of hydrogen-bond donors (Lipinski definition) is 1. The first kappa shape index (κ1) is 15.5. The van der Waals surface area contributed by atoms with Crippen LogP contribution in [0.5, 0.6) is 5.75 Å². The highest BCUT2D eigenvalue weighted by Gasteiger charge is 2.27. The molecular weight excluding hydrogens is 295 g/mol. The zero-order chi connectivity index (χ0) is 13.8. The van der Waals surface area contributed by atoms with Crippen LogP contribution in [0.15, 0.2) is 18.2 Å². The van der Waals surface area contributed by atoms with E-state index in [9.17, 15) is 4.79 Å². The number of thioether (sulfide) groups is 1. The number of hydrogen-bond acceptors (Lipinski definition) is 3. The fourth-order valence-electron chi connectivity index (χ4n) is 1.10. The van der Waals surface area contributed by atoms with Crippen molar-refractivity contribution >= 4 is 40.9 Å². The molecule has 1 aromatic rings. The summed E-state index contributed by atoms with van der Waals surface area (Å²) in [5.41, 5.74) is 0. The zero-order valence-electron chi connectivity index (χ0n) is 10.1. The highest BCUT2D eigenvalue weighted by molar-refractivity contribution is 8.01. The Kier molecular flexibility index (Phi) is 5.63. The van der Waals surface area contributed by atoms with Crippen LogP contribution >= 0.6 is 35.0 Å². The van der Waals surface area contributed by atoms with Gasteiger partial charge in [-0.15, -0.1) is 11.8 Å². The maximum absolute atomic E-state index is 10.9. The van der Waals surface area contributed by atoms with Gasteiger partial charge in [-0.3, -0.25) is 4.79 Å². The van der Waals surface area contributed by atoms with Gasteiger partial charge in [0.15, 0.2) is 0 Å². The second-order valence-electron chi connectivity index (χ2n) is 4.09. The monoisotopic (exact) mass is 308 g/mol. The van der Waals surface area contributed by atoms with E-state index in [0.29, 0.717) is 28.2 Å². The molecule has 1 rings (SSSR count). The minimum atomic E-state index is -0.836. The third kappa shape index (κ3) is 4.59. The first-order valence-electron chi connectivity index (χ1n) is 5.28. The summed E-state index contributed by atoms with van der Waals surface area (Å²) in [6.07, 6.45) is 0. The second-order valence-corrected chi connectivity index (χ2v) is 6.65. The predicted octanol–water partition coefficient (Wildman–Crippen LogP) is 3.97. The predicted molar refractivity (Wildman–Crippen MR) is 76.1 cm³/mol. The minimum Gasteiger partial charge on any atom is -0.491 e. The van der Waals surface area contributed by atoms with E-state index in [1.165, 1.54) is 11.8 Å². The largest absolute Gasteiger partial charge is 0.491 e. The van der Waals surface area contributed by atoms with E-state index in [0.717, 1.165) is 0 Å². The van der Waals surface area contributed by atoms with Gasteiger partial charge in [-0.25, -0.2) is 0 Å². The van der Waals surface area contributed by atoms with E-state index in [-0.39, 0.29) is 0 Å². The number of halogens is 2. The maximum Gasteiger partial charge on any atom is 0.319 e. The minimum absolute atomic E-state index is 0.392. The molecule has 0 aromatic heterocycles. The van der Waals surface area contributed by atoms with Crippen molar-refractivity contribution in [1.29, 1.82) is 0 Å². The molecule has 1 N–H and O–H groups in total. The third-order valence-electron chi connectivity index (χ3n) is 2.21. The Morgan fingerprint density at radius 1 is 1.44 bits per heavy atom. The van der Waals surface area contributed by atoms with E-state index in [2.05, 4.69) is 0 Å². The number of benzene rings is 1. The Hall–Kier alpha value is -0.580. The summed E-state index contributed by atoms with van der Waals surface area (Å²) < 4.78 is 4.65. The van der Waals surface area contributed by atoms with Gasteiger partial charge in [0.1, 0.15) is 10.5 Å². The van der Waals surface area contributed by atoms with Crippen molar-refractivity contribution < 1.29 is 14.6 Å². The number of carboxylic acids is 1. The Balaban J connectivity index is 2.41. The molecule has 0 radical (unpaired) electrons. The van der Waals surface area contributed by atoms with E-state index in [1.807, 2.05) is 0 Å². The van der Waals surface area contributed by atoms with Crippen molar-refractivity contribution in [3.8, 4) is 5.75 Å². The summed E-state index contributed by atoms with van der Waals surface area (Å²) in [5, 5.41) is 9.93. The van der Waals surface area contributed by atoms with Crippen LogP contribution in [0.4, 0.5) is 0 Å². The Morgan fingerprint density at radius 3 is 2.67 bits per heavy atom. The van der Waals surface area contributed by atoms with E-state index < -0.39 is 10.7 Å². The van der Waals surface area contributed by atoms with Gasteiger partial charge < -0.3 is 9.84 Å². The fourth-order valence-corrected chi connectivity index (χ4v) is 2.37. The van der Waals surface area contributed by atoms with Crippen LogP contribution in [0.2, 0.25) is 10.0 Å². The lowest BCUT2D eigenvalue weighted by atomic mass is 10.2. The lowest BCUT2D eigenvalue weighted by Crippen LogP contribution is -2.28. The highest BCUT2D eigenvalue weighted by Crippen LogP contribution is 2.28. The van der Waals surface area contributed by atoms with Crippen LogP contribution in [0.1, 0.15) is 13.8 Å². The molecule has 0 aliphatic heterocycles. The number of rotatable bonds is 6. The first-order chi connectivity index (χ1) is 8.33. The van der Waals surface area contributed by atoms with Crippen LogP contribution in [-0.2, 0) is 4.79 Å². The van der Waals surface area contributed by atoms with Gasteiger partial charge in [0.2, 0.25) is 0 Å². The number of ether oxygens (including phenoxy) is 1. The van der Waals surface area contributed by atoms with Gasteiger partial charge in [-0.2, -0.15) is 0 Å². The normalized spacial score (nSPS) is 11.3. The molecule has 0 saturated heterocycles. The second kappa shape index (κ2) is 6.55. The average Bonchev–Trinajstić information content (AvgIpc) is 2.26. The lowest BCUT2D eigenvalue weighted by molar-refractivity contribution is -0.138. The maximum atomic E-state index is 10.9. The molecule has 0 unspecified atom stereocenters. The fraction of sp³-hybridized carbons (Fsp3) is 0.417. The standard InChI is InChI=1S/C12H14Cl2O3S/c1-12(2,11(15)16)18-6-5-17-10-4-3-8(13)7-9(10)14/h3-4,7H,5-6H2,1-2H3,(H,15,16). The zero-order valence-corrected chi connectivity index (χ0v) is 12.4. The smallest absolute Gasteiger partial charge is 0.319 e. The van der Waals surface area contributed by atoms with Crippen molar-refractivity contribution in [3.63, 3.8) is 0 Å². The van der Waals surface area contributed by atoms with Gasteiger partial charge in [0.25, 0.3) is 0 Å². The van der Waals surface area contributed by atoms with Gasteiger partial charge >= 0.3 is 5.97 Å². The first-order valence-corrected chi connectivity index (χ1v) is 7.02. The topological polar surface area (TPSA) is 46.5 Å². The van der Waals surface area contributed by atoms with E-state index in [4.69, 9.17) is 33.0 Å².